The molecular weight excluding hydrogens is 214 g/mol. The van der Waals surface area contributed by atoms with Gasteiger partial charge in [-0.25, -0.2) is 4.98 Å². The summed E-state index contributed by atoms with van der Waals surface area (Å²) in [5.74, 6) is 0. The van der Waals surface area contributed by atoms with E-state index in [1.807, 2.05) is 25.1 Å². The van der Waals surface area contributed by atoms with Crippen molar-refractivity contribution in [1.29, 1.82) is 0 Å². The van der Waals surface area contributed by atoms with Crippen LogP contribution in [-0.4, -0.2) is 4.98 Å². The number of aryl methyl sites for hydroxylation is 2. The molecule has 1 nitrogen and oxygen atoms in total. The van der Waals surface area contributed by atoms with Crippen LogP contribution in [0.2, 0.25) is 5.02 Å². The lowest BCUT2D eigenvalue weighted by Gasteiger charge is -2.02. The third-order valence-electron chi connectivity index (χ3n) is 2.09. The molecule has 0 amide bonds. The molecule has 0 aliphatic carbocycles. The number of hydrogen-bond acceptors (Lipinski definition) is 2. The second-order valence-electron chi connectivity index (χ2n) is 3.21. The Morgan fingerprint density at radius 3 is 2.71 bits per heavy atom. The largest absolute Gasteiger partial charge is 0.242 e. The molecule has 1 aromatic carbocycles. The molecule has 0 aliphatic heterocycles. The maximum atomic E-state index is 5.95. The van der Waals surface area contributed by atoms with Crippen LogP contribution in [0.15, 0.2) is 23.6 Å². The summed E-state index contributed by atoms with van der Waals surface area (Å²) in [6, 6.07) is 5.89. The zero-order valence-electron chi connectivity index (χ0n) is 8.04. The Morgan fingerprint density at radius 1 is 1.29 bits per heavy atom. The Morgan fingerprint density at radius 2 is 2.07 bits per heavy atom. The molecule has 0 saturated carbocycles. The molecule has 2 aromatic rings. The van der Waals surface area contributed by atoms with E-state index in [2.05, 4.69) is 17.3 Å². The highest BCUT2D eigenvalue weighted by molar-refractivity contribution is 7.09. The fourth-order valence-corrected chi connectivity index (χ4v) is 2.14. The van der Waals surface area contributed by atoms with Gasteiger partial charge in [0.05, 0.1) is 10.7 Å². The Balaban J connectivity index is 2.55. The minimum Gasteiger partial charge on any atom is -0.242 e. The van der Waals surface area contributed by atoms with E-state index >= 15 is 0 Å². The van der Waals surface area contributed by atoms with E-state index in [1.165, 1.54) is 5.56 Å². The monoisotopic (exact) mass is 223 g/mol. The van der Waals surface area contributed by atoms with Gasteiger partial charge in [0.15, 0.2) is 0 Å². The predicted octanol–water partition coefficient (Wildman–Crippen LogP) is 4.08. The van der Waals surface area contributed by atoms with E-state index in [-0.39, 0.29) is 0 Å². The van der Waals surface area contributed by atoms with Gasteiger partial charge >= 0.3 is 0 Å². The molecule has 0 unspecified atom stereocenters. The highest BCUT2D eigenvalue weighted by Crippen LogP contribution is 2.27. The highest BCUT2D eigenvalue weighted by atomic mass is 35.5. The molecular formula is C11H10ClNS. The first kappa shape index (κ1) is 9.69. The van der Waals surface area contributed by atoms with Gasteiger partial charge in [0, 0.05) is 16.0 Å². The van der Waals surface area contributed by atoms with Crippen LogP contribution < -0.4 is 0 Å². The molecule has 0 bridgehead atoms. The van der Waals surface area contributed by atoms with Crippen LogP contribution in [0, 0.1) is 13.8 Å². The van der Waals surface area contributed by atoms with Gasteiger partial charge in [-0.3, -0.25) is 0 Å². The van der Waals surface area contributed by atoms with Gasteiger partial charge in [-0.2, -0.15) is 0 Å². The topological polar surface area (TPSA) is 12.9 Å². The number of thiazole rings is 1. The van der Waals surface area contributed by atoms with Gasteiger partial charge in [-0.15, -0.1) is 11.3 Å². The Kier molecular flexibility index (Phi) is 2.57. The first-order valence-corrected chi connectivity index (χ1v) is 5.61. The first-order valence-electron chi connectivity index (χ1n) is 4.35. The zero-order chi connectivity index (χ0) is 10.1. The minimum absolute atomic E-state index is 0.760. The van der Waals surface area contributed by atoms with Gasteiger partial charge in [-0.05, 0) is 31.5 Å². The molecule has 0 radical (unpaired) electrons. The Bertz CT molecular complexity index is 462. The molecule has 1 aromatic heterocycles. The van der Waals surface area contributed by atoms with Crippen molar-refractivity contribution in [2.24, 2.45) is 0 Å². The molecule has 72 valence electrons. The fourth-order valence-electron chi connectivity index (χ4n) is 1.36. The average molecular weight is 224 g/mol. The fraction of sp³-hybridized carbons (Fsp3) is 0.182. The summed E-state index contributed by atoms with van der Waals surface area (Å²) in [7, 11) is 0. The first-order chi connectivity index (χ1) is 6.66. The quantitative estimate of drug-likeness (QED) is 0.710. The van der Waals surface area contributed by atoms with E-state index in [1.54, 1.807) is 11.3 Å². The van der Waals surface area contributed by atoms with Crippen molar-refractivity contribution in [3.63, 3.8) is 0 Å². The third-order valence-corrected chi connectivity index (χ3v) is 3.10. The lowest BCUT2D eigenvalue weighted by atomic mass is 10.1. The maximum Gasteiger partial charge on any atom is 0.0901 e. The molecule has 14 heavy (non-hydrogen) atoms. The second kappa shape index (κ2) is 3.71. The van der Waals surface area contributed by atoms with Crippen LogP contribution in [0.25, 0.3) is 11.3 Å². The second-order valence-corrected chi connectivity index (χ2v) is 4.71. The van der Waals surface area contributed by atoms with Crippen LogP contribution in [0.5, 0.6) is 0 Å². The summed E-state index contributed by atoms with van der Waals surface area (Å²) in [6.45, 7) is 4.08. The van der Waals surface area contributed by atoms with Crippen molar-refractivity contribution in [3.8, 4) is 11.3 Å². The Labute approximate surface area is 92.4 Å². The average Bonchev–Trinajstić information content (AvgIpc) is 2.56. The summed E-state index contributed by atoms with van der Waals surface area (Å²) < 4.78 is 0. The van der Waals surface area contributed by atoms with Crippen LogP contribution in [-0.2, 0) is 0 Å². The van der Waals surface area contributed by atoms with Crippen molar-refractivity contribution in [2.75, 3.05) is 0 Å². The summed E-state index contributed by atoms with van der Waals surface area (Å²) in [4.78, 5) is 4.44. The van der Waals surface area contributed by atoms with Crippen molar-refractivity contribution in [3.05, 3.63) is 39.2 Å². The number of rotatable bonds is 1. The summed E-state index contributed by atoms with van der Waals surface area (Å²) >= 11 is 7.61. The number of benzene rings is 1. The van der Waals surface area contributed by atoms with E-state index in [4.69, 9.17) is 11.6 Å². The minimum atomic E-state index is 0.760. The highest BCUT2D eigenvalue weighted by Gasteiger charge is 2.05. The van der Waals surface area contributed by atoms with Crippen molar-refractivity contribution in [2.45, 2.75) is 13.8 Å². The van der Waals surface area contributed by atoms with E-state index < -0.39 is 0 Å². The SMILES string of the molecule is Cc1nc(-c2cc(Cl)ccc2C)cs1. The summed E-state index contributed by atoms with van der Waals surface area (Å²) in [6.07, 6.45) is 0. The van der Waals surface area contributed by atoms with Gasteiger partial charge in [0.25, 0.3) is 0 Å². The van der Waals surface area contributed by atoms with Gasteiger partial charge < -0.3 is 0 Å². The number of halogens is 1. The molecule has 2 rings (SSSR count). The molecule has 0 atom stereocenters. The van der Waals surface area contributed by atoms with Crippen LogP contribution in [0.3, 0.4) is 0 Å². The molecule has 0 fully saturated rings. The van der Waals surface area contributed by atoms with Crippen molar-refractivity contribution < 1.29 is 0 Å². The van der Waals surface area contributed by atoms with Crippen LogP contribution in [0.1, 0.15) is 10.6 Å². The number of nitrogens with zero attached hydrogens (tertiary/aromatic N) is 1. The molecule has 3 heteroatoms. The summed E-state index contributed by atoms with van der Waals surface area (Å²) in [5.41, 5.74) is 3.36. The van der Waals surface area contributed by atoms with Gasteiger partial charge in [0.1, 0.15) is 0 Å². The lowest BCUT2D eigenvalue weighted by molar-refractivity contribution is 1.29. The van der Waals surface area contributed by atoms with Gasteiger partial charge in [-0.1, -0.05) is 17.7 Å². The van der Waals surface area contributed by atoms with E-state index in [0.717, 1.165) is 21.3 Å². The van der Waals surface area contributed by atoms with E-state index in [0.29, 0.717) is 0 Å². The van der Waals surface area contributed by atoms with E-state index in [9.17, 15) is 0 Å². The normalized spacial score (nSPS) is 10.5. The number of hydrogen-bond donors (Lipinski definition) is 0. The molecule has 0 N–H and O–H groups in total. The number of aromatic nitrogens is 1. The molecule has 1 heterocycles. The van der Waals surface area contributed by atoms with Crippen LogP contribution >= 0.6 is 22.9 Å². The third kappa shape index (κ3) is 1.81. The lowest BCUT2D eigenvalue weighted by Crippen LogP contribution is -1.83. The zero-order valence-corrected chi connectivity index (χ0v) is 9.62. The molecule has 0 spiro atoms. The van der Waals surface area contributed by atoms with Crippen molar-refractivity contribution >= 4 is 22.9 Å². The predicted molar refractivity (Wildman–Crippen MR) is 62.0 cm³/mol. The van der Waals surface area contributed by atoms with Crippen molar-refractivity contribution in [1.82, 2.24) is 4.98 Å². The smallest absolute Gasteiger partial charge is 0.0901 e. The standard InChI is InChI=1S/C11H10ClNS/c1-7-3-4-9(12)5-10(7)11-6-14-8(2)13-11/h3-6H,1-2H3. The van der Waals surface area contributed by atoms with Crippen LogP contribution in [0.4, 0.5) is 0 Å². The molecule has 0 aliphatic rings. The Hall–Kier alpha value is -0.860. The maximum absolute atomic E-state index is 5.95. The summed E-state index contributed by atoms with van der Waals surface area (Å²) in [5, 5.41) is 3.91. The van der Waals surface area contributed by atoms with Gasteiger partial charge in [0.2, 0.25) is 0 Å². The molecule has 0 saturated heterocycles.